The number of aliphatic carboxylic acids is 1. The molecule has 0 fully saturated rings. The van der Waals surface area contributed by atoms with Gasteiger partial charge in [0.15, 0.2) is 0 Å². The smallest absolute Gasteiger partial charge is 0.103 e. The first kappa shape index (κ1) is 11.2. The third kappa shape index (κ3) is 37.6. The van der Waals surface area contributed by atoms with E-state index in [1.807, 2.05) is 6.92 Å². The van der Waals surface area contributed by atoms with E-state index in [2.05, 4.69) is 10.7 Å². The number of carboxylic acids is 1. The van der Waals surface area contributed by atoms with Gasteiger partial charge in [0.2, 0.25) is 0 Å². The van der Waals surface area contributed by atoms with Gasteiger partial charge in [-0.15, -0.1) is 0 Å². The quantitative estimate of drug-likeness (QED) is 0.460. The van der Waals surface area contributed by atoms with Crippen LogP contribution in [-0.4, -0.2) is 12.6 Å². The van der Waals surface area contributed by atoms with Crippen molar-refractivity contribution in [2.75, 3.05) is 6.61 Å². The highest BCUT2D eigenvalue weighted by molar-refractivity contribution is 5.63. The minimum Gasteiger partial charge on any atom is -0.550 e. The molecule has 0 aliphatic rings. The molecule has 0 amide bonds. The van der Waals surface area contributed by atoms with E-state index < -0.39 is 5.97 Å². The van der Waals surface area contributed by atoms with Gasteiger partial charge in [0.25, 0.3) is 0 Å². The van der Waals surface area contributed by atoms with Crippen LogP contribution in [0.15, 0.2) is 0 Å². The molecule has 0 aliphatic carbocycles. The lowest BCUT2D eigenvalue weighted by atomic mass is 10.5. The molecule has 0 bridgehead atoms. The number of hydrogen-bond donors (Lipinski definition) is 1. The molecule has 0 aromatic heterocycles. The molecule has 3 N–H and O–H groups in total. The number of rotatable bonds is 2. The Balaban J connectivity index is 0. The standard InChI is InChI=1S/C3H6O2.C2H8NO/c1-2-3(4)5;1-2-4-3/h2H2,1H3,(H,4,5);2H2,1,3H3/q;+1/p-1. The number of carbonyl (C=O) groups is 1. The van der Waals surface area contributed by atoms with E-state index in [0.717, 1.165) is 0 Å². The topological polar surface area (TPSA) is 77.0 Å². The van der Waals surface area contributed by atoms with Crippen LogP contribution in [-0.2, 0) is 9.63 Å². The molecule has 4 nitrogen and oxygen atoms in total. The molecule has 0 spiro atoms. The fraction of sp³-hybridized carbons (Fsp3) is 0.800. The van der Waals surface area contributed by atoms with Crippen LogP contribution >= 0.6 is 0 Å². The van der Waals surface area contributed by atoms with Gasteiger partial charge < -0.3 is 9.90 Å². The van der Waals surface area contributed by atoms with Gasteiger partial charge in [0.05, 0.1) is 0 Å². The molecule has 0 saturated carbocycles. The summed E-state index contributed by atoms with van der Waals surface area (Å²) in [4.78, 5) is 13.5. The summed E-state index contributed by atoms with van der Waals surface area (Å²) in [6.45, 7) is 4.14. The first-order chi connectivity index (χ1) is 4.18. The number of quaternary nitrogens is 1. The summed E-state index contributed by atoms with van der Waals surface area (Å²) in [5.41, 5.74) is 0. The SMILES string of the molecule is CCC(=O)[O-].CCO[NH3+]. The summed E-state index contributed by atoms with van der Waals surface area (Å²) in [5.74, 6) is 2.11. The minimum absolute atomic E-state index is 0.111. The molecule has 0 unspecified atom stereocenters. The molecule has 0 heterocycles. The summed E-state index contributed by atoms with van der Waals surface area (Å²) >= 11 is 0. The van der Waals surface area contributed by atoms with Crippen LogP contribution in [0.25, 0.3) is 0 Å². The van der Waals surface area contributed by atoms with Crippen LogP contribution in [0.5, 0.6) is 0 Å². The second-order valence-electron chi connectivity index (χ2n) is 1.22. The molecule has 0 saturated heterocycles. The monoisotopic (exact) mass is 135 g/mol. The molecular weight excluding hydrogens is 122 g/mol. The van der Waals surface area contributed by atoms with Gasteiger partial charge in [-0.1, -0.05) is 6.92 Å². The Kier molecular flexibility index (Phi) is 13.0. The van der Waals surface area contributed by atoms with Gasteiger partial charge in [-0.25, -0.2) is 10.7 Å². The van der Waals surface area contributed by atoms with Crippen LogP contribution in [0.1, 0.15) is 20.3 Å². The predicted octanol–water partition coefficient (Wildman–Crippen LogP) is -1.67. The summed E-state index contributed by atoms with van der Waals surface area (Å²) < 4.78 is 0. The summed E-state index contributed by atoms with van der Waals surface area (Å²) in [5, 5.41) is 9.26. The van der Waals surface area contributed by atoms with Gasteiger partial charge in [0, 0.05) is 5.97 Å². The van der Waals surface area contributed by atoms with Crippen molar-refractivity contribution in [1.82, 2.24) is 0 Å². The second-order valence-corrected chi connectivity index (χ2v) is 1.22. The van der Waals surface area contributed by atoms with Crippen molar-refractivity contribution in [2.24, 2.45) is 0 Å². The Labute approximate surface area is 54.6 Å². The Morgan fingerprint density at radius 1 is 1.67 bits per heavy atom. The summed E-state index contributed by atoms with van der Waals surface area (Å²) in [6, 6.07) is 0. The molecule has 0 atom stereocenters. The molecule has 9 heavy (non-hydrogen) atoms. The molecule has 0 rings (SSSR count). The largest absolute Gasteiger partial charge is 0.550 e. The van der Waals surface area contributed by atoms with E-state index in [4.69, 9.17) is 0 Å². The maximum atomic E-state index is 9.26. The van der Waals surface area contributed by atoms with Crippen LogP contribution in [0.4, 0.5) is 0 Å². The highest BCUT2D eigenvalue weighted by Gasteiger charge is 1.65. The fourth-order valence-electron chi connectivity index (χ4n) is 0. The van der Waals surface area contributed by atoms with Crippen molar-refractivity contribution >= 4 is 5.97 Å². The van der Waals surface area contributed by atoms with E-state index >= 15 is 0 Å². The Morgan fingerprint density at radius 3 is 1.89 bits per heavy atom. The van der Waals surface area contributed by atoms with Gasteiger partial charge in [-0.2, -0.15) is 0 Å². The maximum Gasteiger partial charge on any atom is 0.103 e. The predicted molar refractivity (Wildman–Crippen MR) is 29.8 cm³/mol. The molecule has 0 aliphatic heterocycles. The van der Waals surface area contributed by atoms with Crippen molar-refractivity contribution in [3.05, 3.63) is 0 Å². The van der Waals surface area contributed by atoms with Crippen LogP contribution < -0.4 is 11.0 Å². The van der Waals surface area contributed by atoms with Crippen molar-refractivity contribution in [3.8, 4) is 0 Å². The lowest BCUT2D eigenvalue weighted by molar-refractivity contribution is -0.688. The van der Waals surface area contributed by atoms with E-state index in [1.54, 1.807) is 0 Å². The molecule has 56 valence electrons. The van der Waals surface area contributed by atoms with E-state index in [0.29, 0.717) is 6.61 Å². The van der Waals surface area contributed by atoms with Crippen molar-refractivity contribution in [3.63, 3.8) is 0 Å². The number of hydrogen-bond acceptors (Lipinski definition) is 3. The zero-order chi connectivity index (χ0) is 7.70. The zero-order valence-electron chi connectivity index (χ0n) is 5.85. The Morgan fingerprint density at radius 2 is 1.89 bits per heavy atom. The van der Waals surface area contributed by atoms with Crippen molar-refractivity contribution < 1.29 is 20.6 Å². The average molecular weight is 135 g/mol. The Hall–Kier alpha value is -0.610. The first-order valence-electron chi connectivity index (χ1n) is 2.75. The van der Waals surface area contributed by atoms with Crippen LogP contribution in [0.2, 0.25) is 0 Å². The zero-order valence-corrected chi connectivity index (χ0v) is 5.85. The minimum atomic E-state index is -0.995. The average Bonchev–Trinajstić information content (AvgIpc) is 1.89. The summed E-state index contributed by atoms with van der Waals surface area (Å²) in [6.07, 6.45) is 0.111. The second kappa shape index (κ2) is 10.4. The third-order valence-corrected chi connectivity index (χ3v) is 0.493. The fourth-order valence-corrected chi connectivity index (χ4v) is 0. The molecular formula is C5H13NO3. The van der Waals surface area contributed by atoms with Gasteiger partial charge in [0.1, 0.15) is 6.61 Å². The van der Waals surface area contributed by atoms with E-state index in [-0.39, 0.29) is 6.42 Å². The molecule has 4 heteroatoms. The van der Waals surface area contributed by atoms with Gasteiger partial charge in [-0.05, 0) is 13.3 Å². The maximum absolute atomic E-state index is 9.26. The van der Waals surface area contributed by atoms with Crippen LogP contribution in [0, 0.1) is 0 Å². The first-order valence-corrected chi connectivity index (χ1v) is 2.75. The normalized spacial score (nSPS) is 7.44. The Bertz CT molecular complexity index is 63.2. The lowest BCUT2D eigenvalue weighted by Gasteiger charge is -1.87. The molecule has 0 aromatic carbocycles. The number of carboxylic acid groups (broad SMARTS) is 1. The van der Waals surface area contributed by atoms with Gasteiger partial charge in [-0.3, -0.25) is 0 Å². The highest BCUT2D eigenvalue weighted by Crippen LogP contribution is 1.61. The third-order valence-electron chi connectivity index (χ3n) is 0.493. The van der Waals surface area contributed by atoms with Crippen LogP contribution in [0.3, 0.4) is 0 Å². The van der Waals surface area contributed by atoms with E-state index in [9.17, 15) is 9.90 Å². The van der Waals surface area contributed by atoms with E-state index in [1.165, 1.54) is 6.92 Å². The molecule has 0 radical (unpaired) electrons. The summed E-state index contributed by atoms with van der Waals surface area (Å²) in [7, 11) is 0. The lowest BCUT2D eigenvalue weighted by Crippen LogP contribution is -2.48. The van der Waals surface area contributed by atoms with Gasteiger partial charge >= 0.3 is 0 Å². The highest BCUT2D eigenvalue weighted by atomic mass is 16.6. The van der Waals surface area contributed by atoms with Crippen molar-refractivity contribution in [2.45, 2.75) is 20.3 Å². The molecule has 0 aromatic rings. The number of carbonyl (C=O) groups excluding carboxylic acids is 1. The van der Waals surface area contributed by atoms with Crippen molar-refractivity contribution in [1.29, 1.82) is 0 Å².